The van der Waals surface area contributed by atoms with E-state index in [1.807, 2.05) is 0 Å². The maximum absolute atomic E-state index is 10.6. The molecule has 0 aliphatic rings. The highest BCUT2D eigenvalue weighted by atomic mass is 16.5. The fraction of sp³-hybridized carbons (Fsp3) is 0.600. The molecule has 0 aliphatic heterocycles. The van der Waals surface area contributed by atoms with Gasteiger partial charge in [-0.3, -0.25) is 4.79 Å². The topological polar surface area (TPSA) is 102 Å². The van der Waals surface area contributed by atoms with Crippen molar-refractivity contribution in [3.05, 3.63) is 11.6 Å². The number of aliphatic carboxylic acids is 1. The van der Waals surface area contributed by atoms with Crippen LogP contribution in [0.2, 0.25) is 0 Å². The van der Waals surface area contributed by atoms with E-state index in [0.717, 1.165) is 0 Å². The Balaban J connectivity index is 3.52. The number of carboxylic acid groups (broad SMARTS) is 1. The van der Waals surface area contributed by atoms with Gasteiger partial charge in [-0.1, -0.05) is 13.0 Å². The maximum atomic E-state index is 10.6. The van der Waals surface area contributed by atoms with Crippen molar-refractivity contribution in [2.45, 2.75) is 13.3 Å². The Hall–Kier alpha value is -1.40. The van der Waals surface area contributed by atoms with Crippen molar-refractivity contribution in [3.8, 4) is 0 Å². The molecule has 0 saturated carbocycles. The van der Waals surface area contributed by atoms with Gasteiger partial charge in [0.25, 0.3) is 0 Å². The van der Waals surface area contributed by atoms with Crippen LogP contribution in [0.25, 0.3) is 0 Å². The average Bonchev–Trinajstić information content (AvgIpc) is 2.21. The van der Waals surface area contributed by atoms with Gasteiger partial charge in [0.2, 0.25) is 5.91 Å². The van der Waals surface area contributed by atoms with Crippen LogP contribution in [0.4, 0.5) is 0 Å². The molecule has 0 aromatic heterocycles. The number of nitrogens with one attached hydrogen (secondary N) is 1. The van der Waals surface area contributed by atoms with Crippen molar-refractivity contribution in [1.82, 2.24) is 5.32 Å². The van der Waals surface area contributed by atoms with E-state index in [1.54, 1.807) is 13.0 Å². The monoisotopic (exact) mass is 230 g/mol. The summed E-state index contributed by atoms with van der Waals surface area (Å²) in [5.74, 6) is -1.40. The summed E-state index contributed by atoms with van der Waals surface area (Å²) < 4.78 is 4.90. The van der Waals surface area contributed by atoms with Gasteiger partial charge >= 0.3 is 5.97 Å². The van der Waals surface area contributed by atoms with E-state index in [1.165, 1.54) is 0 Å². The summed E-state index contributed by atoms with van der Waals surface area (Å²) >= 11 is 0. The predicted octanol–water partition coefficient (Wildman–Crippen LogP) is -0.501. The first-order chi connectivity index (χ1) is 7.57. The molecule has 0 aromatic rings. The number of hydrogen-bond donors (Lipinski definition) is 3. The Kier molecular flexibility index (Phi) is 8.10. The molecule has 0 bridgehead atoms. The fourth-order valence-electron chi connectivity index (χ4n) is 0.997. The highest BCUT2D eigenvalue weighted by molar-refractivity contribution is 5.86. The molecule has 0 saturated heterocycles. The molecular weight excluding hydrogens is 212 g/mol. The maximum Gasteiger partial charge on any atom is 0.331 e. The minimum Gasteiger partial charge on any atom is -0.478 e. The second-order valence-corrected chi connectivity index (χ2v) is 3.11. The average molecular weight is 230 g/mol. The molecule has 6 heteroatoms. The molecule has 0 heterocycles. The smallest absolute Gasteiger partial charge is 0.331 e. The molecule has 0 unspecified atom stereocenters. The first kappa shape index (κ1) is 14.6. The first-order valence-electron chi connectivity index (χ1n) is 5.07. The van der Waals surface area contributed by atoms with E-state index in [0.29, 0.717) is 31.7 Å². The van der Waals surface area contributed by atoms with E-state index in [-0.39, 0.29) is 6.61 Å². The van der Waals surface area contributed by atoms with Crippen molar-refractivity contribution >= 4 is 11.9 Å². The van der Waals surface area contributed by atoms with E-state index in [2.05, 4.69) is 5.32 Å². The molecular formula is C10H18N2O4. The van der Waals surface area contributed by atoms with Crippen LogP contribution in [0.15, 0.2) is 11.6 Å². The zero-order valence-corrected chi connectivity index (χ0v) is 9.36. The minimum atomic E-state index is -0.894. The van der Waals surface area contributed by atoms with E-state index in [4.69, 9.17) is 15.6 Å². The van der Waals surface area contributed by atoms with Crippen LogP contribution < -0.4 is 11.1 Å². The summed E-state index contributed by atoms with van der Waals surface area (Å²) in [6.45, 7) is 3.07. The molecule has 0 atom stereocenters. The second kappa shape index (κ2) is 8.87. The zero-order chi connectivity index (χ0) is 12.4. The first-order valence-corrected chi connectivity index (χ1v) is 5.07. The highest BCUT2D eigenvalue weighted by Crippen LogP contribution is 1.98. The fourth-order valence-corrected chi connectivity index (χ4v) is 0.997. The summed E-state index contributed by atoms with van der Waals surface area (Å²) in [6.07, 6.45) is 2.12. The Morgan fingerprint density at radius 2 is 2.19 bits per heavy atom. The van der Waals surface area contributed by atoms with Crippen molar-refractivity contribution in [2.75, 3.05) is 26.3 Å². The molecule has 1 amide bonds. The van der Waals surface area contributed by atoms with Gasteiger partial charge in [-0.2, -0.15) is 0 Å². The van der Waals surface area contributed by atoms with Crippen LogP contribution in [0.1, 0.15) is 13.3 Å². The van der Waals surface area contributed by atoms with Crippen LogP contribution >= 0.6 is 0 Å². The highest BCUT2D eigenvalue weighted by Gasteiger charge is 2.02. The van der Waals surface area contributed by atoms with E-state index >= 15 is 0 Å². The minimum absolute atomic E-state index is 0.0904. The number of carbonyl (C=O) groups excluding carboxylic acids is 1. The molecule has 6 nitrogen and oxygen atoms in total. The number of carboxylic acids is 1. The number of primary amides is 1. The van der Waals surface area contributed by atoms with Crippen molar-refractivity contribution < 1.29 is 19.4 Å². The molecule has 0 radical (unpaired) electrons. The van der Waals surface area contributed by atoms with E-state index in [9.17, 15) is 9.59 Å². The lowest BCUT2D eigenvalue weighted by atomic mass is 10.2. The second-order valence-electron chi connectivity index (χ2n) is 3.11. The number of hydrogen-bond acceptors (Lipinski definition) is 4. The lowest BCUT2D eigenvalue weighted by Crippen LogP contribution is -2.24. The van der Waals surface area contributed by atoms with Crippen molar-refractivity contribution in [1.29, 1.82) is 0 Å². The predicted molar refractivity (Wildman–Crippen MR) is 58.9 cm³/mol. The zero-order valence-electron chi connectivity index (χ0n) is 9.36. The molecule has 92 valence electrons. The standard InChI is InChI=1S/C10H18N2O4/c1-2-8(10(14)15)3-4-12-5-6-16-7-9(11)13/h3,12H,2,4-7H2,1H3,(H2,11,13)(H,14,15). The Labute approximate surface area is 94.5 Å². The summed E-state index contributed by atoms with van der Waals surface area (Å²) in [6, 6.07) is 0. The van der Waals surface area contributed by atoms with Crippen molar-refractivity contribution in [3.63, 3.8) is 0 Å². The molecule has 4 N–H and O–H groups in total. The summed E-state index contributed by atoms with van der Waals surface area (Å²) in [4.78, 5) is 20.9. The SMILES string of the molecule is CCC(=CCNCCOCC(N)=O)C(=O)O. The summed E-state index contributed by atoms with van der Waals surface area (Å²) in [5.41, 5.74) is 5.25. The van der Waals surface area contributed by atoms with Crippen LogP contribution in [-0.4, -0.2) is 43.3 Å². The van der Waals surface area contributed by atoms with Crippen LogP contribution in [0.3, 0.4) is 0 Å². The van der Waals surface area contributed by atoms with E-state index < -0.39 is 11.9 Å². The van der Waals surface area contributed by atoms with Gasteiger partial charge in [0.15, 0.2) is 0 Å². The number of rotatable bonds is 9. The summed E-state index contributed by atoms with van der Waals surface area (Å²) in [7, 11) is 0. The third kappa shape index (κ3) is 7.95. The largest absolute Gasteiger partial charge is 0.478 e. The van der Waals surface area contributed by atoms with Gasteiger partial charge in [-0.15, -0.1) is 0 Å². The molecule has 0 aromatic carbocycles. The number of ether oxygens (including phenoxy) is 1. The molecule has 0 spiro atoms. The lowest BCUT2D eigenvalue weighted by molar-refractivity contribution is -0.132. The van der Waals surface area contributed by atoms with Gasteiger partial charge in [0.1, 0.15) is 6.61 Å². The number of amides is 1. The number of nitrogens with two attached hydrogens (primary N) is 1. The number of carbonyl (C=O) groups is 2. The molecule has 0 fully saturated rings. The molecule has 16 heavy (non-hydrogen) atoms. The lowest BCUT2D eigenvalue weighted by Gasteiger charge is -2.03. The van der Waals surface area contributed by atoms with Crippen LogP contribution in [-0.2, 0) is 14.3 Å². The Morgan fingerprint density at radius 1 is 1.50 bits per heavy atom. The van der Waals surface area contributed by atoms with Gasteiger partial charge < -0.3 is 20.9 Å². The molecule has 0 aliphatic carbocycles. The van der Waals surface area contributed by atoms with Gasteiger partial charge in [0, 0.05) is 18.7 Å². The van der Waals surface area contributed by atoms with Crippen LogP contribution in [0.5, 0.6) is 0 Å². The molecule has 0 rings (SSSR count). The van der Waals surface area contributed by atoms with Gasteiger partial charge in [0.05, 0.1) is 6.61 Å². The Morgan fingerprint density at radius 3 is 2.69 bits per heavy atom. The van der Waals surface area contributed by atoms with Gasteiger partial charge in [-0.05, 0) is 6.42 Å². The quantitative estimate of drug-likeness (QED) is 0.366. The van der Waals surface area contributed by atoms with Gasteiger partial charge in [-0.25, -0.2) is 4.79 Å². The summed E-state index contributed by atoms with van der Waals surface area (Å²) in [5, 5.41) is 11.7. The normalized spacial score (nSPS) is 11.4. The van der Waals surface area contributed by atoms with Crippen LogP contribution in [0, 0.1) is 0 Å². The third-order valence-corrected chi connectivity index (χ3v) is 1.82. The van der Waals surface area contributed by atoms with Crippen molar-refractivity contribution in [2.24, 2.45) is 5.73 Å². The third-order valence-electron chi connectivity index (χ3n) is 1.82. The Bertz CT molecular complexity index is 264.